The topological polar surface area (TPSA) is 58.8 Å². The smallest absolute Gasteiger partial charge is 0.410 e. The van der Waals surface area contributed by atoms with Crippen molar-refractivity contribution >= 4 is 6.09 Å². The van der Waals surface area contributed by atoms with E-state index < -0.39 is 0 Å². The van der Waals surface area contributed by atoms with Gasteiger partial charge in [0, 0.05) is 38.3 Å². The number of carbonyl (C=O) groups excluding carboxylic acids is 1. The van der Waals surface area contributed by atoms with Crippen LogP contribution >= 0.6 is 0 Å². The Morgan fingerprint density at radius 1 is 1.13 bits per heavy atom. The van der Waals surface area contributed by atoms with Crippen molar-refractivity contribution in [3.63, 3.8) is 0 Å². The molecular formula is C18H27N3O2. The van der Waals surface area contributed by atoms with E-state index in [1.54, 1.807) is 0 Å². The lowest BCUT2D eigenvalue weighted by Crippen LogP contribution is -2.48. The second kappa shape index (κ2) is 7.79. The van der Waals surface area contributed by atoms with Gasteiger partial charge in [0.2, 0.25) is 0 Å². The fourth-order valence-corrected chi connectivity index (χ4v) is 3.41. The molecule has 1 heterocycles. The summed E-state index contributed by atoms with van der Waals surface area (Å²) in [7, 11) is 0. The van der Waals surface area contributed by atoms with Crippen LogP contribution in [-0.4, -0.2) is 54.2 Å². The number of likely N-dealkylation sites (tertiary alicyclic amines) is 1. The highest BCUT2D eigenvalue weighted by Gasteiger charge is 2.35. The van der Waals surface area contributed by atoms with E-state index in [0.717, 1.165) is 50.6 Å². The van der Waals surface area contributed by atoms with Gasteiger partial charge in [0.05, 0.1) is 0 Å². The van der Waals surface area contributed by atoms with Crippen molar-refractivity contribution in [2.75, 3.05) is 26.2 Å². The summed E-state index contributed by atoms with van der Waals surface area (Å²) in [4.78, 5) is 16.6. The first-order valence-electron chi connectivity index (χ1n) is 8.69. The van der Waals surface area contributed by atoms with E-state index in [9.17, 15) is 4.79 Å². The summed E-state index contributed by atoms with van der Waals surface area (Å²) in [6.45, 7) is 3.61. The van der Waals surface area contributed by atoms with Crippen LogP contribution in [0.5, 0.6) is 0 Å². The van der Waals surface area contributed by atoms with Crippen molar-refractivity contribution in [3.8, 4) is 0 Å². The SMILES string of the molecule is NCCN(C1CC1)C1CCN(C(=O)OCc2ccccc2)CC1. The molecule has 1 saturated heterocycles. The third-order valence-corrected chi connectivity index (χ3v) is 4.80. The van der Waals surface area contributed by atoms with Gasteiger partial charge in [0.25, 0.3) is 0 Å². The van der Waals surface area contributed by atoms with Crippen molar-refractivity contribution in [2.45, 2.75) is 44.4 Å². The number of piperidine rings is 1. The van der Waals surface area contributed by atoms with Crippen molar-refractivity contribution in [3.05, 3.63) is 35.9 Å². The van der Waals surface area contributed by atoms with E-state index in [2.05, 4.69) is 4.90 Å². The molecule has 1 aliphatic carbocycles. The number of ether oxygens (including phenoxy) is 1. The zero-order valence-corrected chi connectivity index (χ0v) is 13.7. The van der Waals surface area contributed by atoms with Crippen molar-refractivity contribution in [1.82, 2.24) is 9.80 Å². The second-order valence-corrected chi connectivity index (χ2v) is 6.52. The molecule has 0 spiro atoms. The molecular weight excluding hydrogens is 290 g/mol. The molecule has 2 fully saturated rings. The van der Waals surface area contributed by atoms with E-state index >= 15 is 0 Å². The summed E-state index contributed by atoms with van der Waals surface area (Å²) in [5, 5.41) is 0. The molecule has 2 aliphatic rings. The van der Waals surface area contributed by atoms with Crippen LogP contribution in [0.4, 0.5) is 4.79 Å². The number of hydrogen-bond acceptors (Lipinski definition) is 4. The summed E-state index contributed by atoms with van der Waals surface area (Å²) >= 11 is 0. The average Bonchev–Trinajstić information content (AvgIpc) is 3.43. The first kappa shape index (κ1) is 16.3. The maximum absolute atomic E-state index is 12.2. The largest absolute Gasteiger partial charge is 0.445 e. The maximum atomic E-state index is 12.2. The Bertz CT molecular complexity index is 496. The van der Waals surface area contributed by atoms with Crippen LogP contribution in [0.1, 0.15) is 31.2 Å². The molecule has 2 N–H and O–H groups in total. The van der Waals surface area contributed by atoms with Gasteiger partial charge in [-0.05, 0) is 31.2 Å². The summed E-state index contributed by atoms with van der Waals surface area (Å²) < 4.78 is 5.42. The van der Waals surface area contributed by atoms with E-state index in [1.165, 1.54) is 12.8 Å². The number of benzene rings is 1. The summed E-state index contributed by atoms with van der Waals surface area (Å²) in [5.41, 5.74) is 6.77. The molecule has 23 heavy (non-hydrogen) atoms. The second-order valence-electron chi connectivity index (χ2n) is 6.52. The van der Waals surface area contributed by atoms with Gasteiger partial charge in [-0.3, -0.25) is 4.90 Å². The first-order chi connectivity index (χ1) is 11.3. The lowest BCUT2D eigenvalue weighted by molar-refractivity contribution is 0.0665. The minimum Gasteiger partial charge on any atom is -0.445 e. The maximum Gasteiger partial charge on any atom is 0.410 e. The lowest BCUT2D eigenvalue weighted by atomic mass is 10.0. The highest BCUT2D eigenvalue weighted by atomic mass is 16.6. The minimum absolute atomic E-state index is 0.191. The van der Waals surface area contributed by atoms with Gasteiger partial charge in [-0.25, -0.2) is 4.79 Å². The molecule has 5 heteroatoms. The zero-order valence-electron chi connectivity index (χ0n) is 13.7. The molecule has 1 aliphatic heterocycles. The van der Waals surface area contributed by atoms with Crippen molar-refractivity contribution in [1.29, 1.82) is 0 Å². The molecule has 126 valence electrons. The van der Waals surface area contributed by atoms with Crippen molar-refractivity contribution < 1.29 is 9.53 Å². The summed E-state index contributed by atoms with van der Waals surface area (Å²) in [6.07, 6.45) is 4.47. The Morgan fingerprint density at radius 2 is 1.78 bits per heavy atom. The fraction of sp³-hybridized carbons (Fsp3) is 0.611. The van der Waals surface area contributed by atoms with Gasteiger partial charge in [-0.2, -0.15) is 0 Å². The first-order valence-corrected chi connectivity index (χ1v) is 8.69. The van der Waals surface area contributed by atoms with Crippen LogP contribution in [0.25, 0.3) is 0 Å². The summed E-state index contributed by atoms with van der Waals surface area (Å²) in [5.74, 6) is 0. The van der Waals surface area contributed by atoms with Crippen LogP contribution in [-0.2, 0) is 11.3 Å². The van der Waals surface area contributed by atoms with Crippen LogP contribution in [0.2, 0.25) is 0 Å². The van der Waals surface area contributed by atoms with Crippen molar-refractivity contribution in [2.24, 2.45) is 5.73 Å². The minimum atomic E-state index is -0.191. The normalized spacial score (nSPS) is 19.1. The standard InChI is InChI=1S/C18H27N3O2/c19-10-13-21(16-6-7-16)17-8-11-20(12-9-17)18(22)23-14-15-4-2-1-3-5-15/h1-5,16-17H,6-14,19H2. The molecule has 0 radical (unpaired) electrons. The van der Waals surface area contributed by atoms with E-state index in [0.29, 0.717) is 12.6 Å². The third kappa shape index (κ3) is 4.45. The molecule has 1 amide bonds. The number of rotatable bonds is 6. The molecule has 1 saturated carbocycles. The quantitative estimate of drug-likeness (QED) is 0.874. The van der Waals surface area contributed by atoms with Crippen LogP contribution in [0.3, 0.4) is 0 Å². The Balaban J connectivity index is 1.43. The Hall–Kier alpha value is -1.59. The molecule has 0 aromatic heterocycles. The van der Waals surface area contributed by atoms with Gasteiger partial charge in [0.15, 0.2) is 0 Å². The van der Waals surface area contributed by atoms with Gasteiger partial charge in [-0.1, -0.05) is 30.3 Å². The number of amides is 1. The third-order valence-electron chi connectivity index (χ3n) is 4.80. The van der Waals surface area contributed by atoms with E-state index in [-0.39, 0.29) is 6.09 Å². The van der Waals surface area contributed by atoms with E-state index in [1.807, 2.05) is 35.2 Å². The summed E-state index contributed by atoms with van der Waals surface area (Å²) in [6, 6.07) is 11.1. The Kier molecular flexibility index (Phi) is 5.51. The fourth-order valence-electron chi connectivity index (χ4n) is 3.41. The van der Waals surface area contributed by atoms with Crippen LogP contribution < -0.4 is 5.73 Å². The van der Waals surface area contributed by atoms with Gasteiger partial charge >= 0.3 is 6.09 Å². The number of hydrogen-bond donors (Lipinski definition) is 1. The highest BCUT2D eigenvalue weighted by molar-refractivity contribution is 5.67. The van der Waals surface area contributed by atoms with Crippen LogP contribution in [0.15, 0.2) is 30.3 Å². The predicted octanol–water partition coefficient (Wildman–Crippen LogP) is 2.21. The van der Waals surface area contributed by atoms with Gasteiger partial charge in [0.1, 0.15) is 6.61 Å². The highest BCUT2D eigenvalue weighted by Crippen LogP contribution is 2.31. The molecule has 0 unspecified atom stereocenters. The predicted molar refractivity (Wildman–Crippen MR) is 90.0 cm³/mol. The van der Waals surface area contributed by atoms with Crippen LogP contribution in [0, 0.1) is 0 Å². The monoisotopic (exact) mass is 317 g/mol. The lowest BCUT2D eigenvalue weighted by Gasteiger charge is -2.38. The molecule has 1 aromatic rings. The number of carbonyl (C=O) groups is 1. The number of nitrogens with two attached hydrogens (primary N) is 1. The Labute approximate surface area is 138 Å². The van der Waals surface area contributed by atoms with Gasteiger partial charge in [-0.15, -0.1) is 0 Å². The average molecular weight is 317 g/mol. The Morgan fingerprint density at radius 3 is 2.39 bits per heavy atom. The molecule has 1 aromatic carbocycles. The van der Waals surface area contributed by atoms with E-state index in [4.69, 9.17) is 10.5 Å². The molecule has 0 bridgehead atoms. The molecule has 3 rings (SSSR count). The number of nitrogens with zero attached hydrogens (tertiary/aromatic N) is 2. The molecule has 0 atom stereocenters. The molecule has 5 nitrogen and oxygen atoms in total. The zero-order chi connectivity index (χ0) is 16.1. The van der Waals surface area contributed by atoms with Gasteiger partial charge < -0.3 is 15.4 Å².